The summed E-state index contributed by atoms with van der Waals surface area (Å²) in [4.78, 5) is 27.5. The van der Waals surface area contributed by atoms with Gasteiger partial charge in [0.2, 0.25) is 5.88 Å². The first-order valence-electron chi connectivity index (χ1n) is 10.6. The molecule has 178 valence electrons. The maximum Gasteiger partial charge on any atom is 0.281 e. The summed E-state index contributed by atoms with van der Waals surface area (Å²) in [7, 11) is -4.29. The molecule has 3 aromatic heterocycles. The van der Waals surface area contributed by atoms with E-state index in [1.54, 1.807) is 18.3 Å². The summed E-state index contributed by atoms with van der Waals surface area (Å²) in [6, 6.07) is 8.90. The Hall–Kier alpha value is -3.24. The van der Waals surface area contributed by atoms with E-state index in [9.17, 15) is 13.2 Å². The normalized spacial score (nSPS) is 17.4. The molecule has 0 radical (unpaired) electrons. The molecule has 1 aliphatic rings. The van der Waals surface area contributed by atoms with Crippen LogP contribution in [0.25, 0.3) is 0 Å². The molecule has 1 saturated heterocycles. The van der Waals surface area contributed by atoms with Crippen LogP contribution in [0.2, 0.25) is 5.02 Å². The van der Waals surface area contributed by atoms with E-state index in [0.29, 0.717) is 22.5 Å². The molecule has 1 aliphatic heterocycles. The number of ether oxygens (including phenoxy) is 1. The van der Waals surface area contributed by atoms with Crippen molar-refractivity contribution in [3.8, 4) is 11.6 Å². The maximum atomic E-state index is 13.1. The summed E-state index contributed by atoms with van der Waals surface area (Å²) < 4.78 is 33.6. The Labute approximate surface area is 203 Å². The van der Waals surface area contributed by atoms with Gasteiger partial charge < -0.3 is 9.64 Å². The number of nitrogens with one attached hydrogen (secondary N) is 1. The first-order valence-corrected chi connectivity index (χ1v) is 12.5. The predicted octanol–water partition coefficient (Wildman–Crippen LogP) is 4.06. The highest BCUT2D eigenvalue weighted by atomic mass is 35.5. The second-order valence-electron chi connectivity index (χ2n) is 8.56. The van der Waals surface area contributed by atoms with Crippen LogP contribution >= 0.6 is 11.6 Å². The smallest absolute Gasteiger partial charge is 0.281 e. The Morgan fingerprint density at radius 1 is 1.24 bits per heavy atom. The van der Waals surface area contributed by atoms with Gasteiger partial charge >= 0.3 is 0 Å². The van der Waals surface area contributed by atoms with Crippen molar-refractivity contribution >= 4 is 33.3 Å². The van der Waals surface area contributed by atoms with Crippen molar-refractivity contribution in [2.24, 2.45) is 5.92 Å². The second kappa shape index (κ2) is 9.19. The molecular formula is C23H24ClN5O4S. The minimum atomic E-state index is -4.29. The molecule has 1 unspecified atom stereocenters. The largest absolute Gasteiger partial charge is 0.437 e. The number of halogens is 1. The first-order chi connectivity index (χ1) is 16.1. The third kappa shape index (κ3) is 4.83. The number of pyridine rings is 3. The van der Waals surface area contributed by atoms with Crippen molar-refractivity contribution < 1.29 is 17.9 Å². The van der Waals surface area contributed by atoms with Crippen LogP contribution in [0.1, 0.15) is 37.6 Å². The fourth-order valence-corrected chi connectivity index (χ4v) is 4.89. The van der Waals surface area contributed by atoms with Gasteiger partial charge in [-0.2, -0.15) is 13.4 Å². The van der Waals surface area contributed by atoms with E-state index in [-0.39, 0.29) is 22.0 Å². The van der Waals surface area contributed by atoms with Crippen molar-refractivity contribution in [1.29, 1.82) is 0 Å². The molecule has 0 bridgehead atoms. The minimum Gasteiger partial charge on any atom is -0.437 e. The fourth-order valence-electron chi connectivity index (χ4n) is 3.80. The van der Waals surface area contributed by atoms with E-state index in [1.807, 2.05) is 4.90 Å². The van der Waals surface area contributed by atoms with Crippen LogP contribution in [0, 0.1) is 5.92 Å². The molecule has 0 spiro atoms. The minimum absolute atomic E-state index is 0.00858. The van der Waals surface area contributed by atoms with Crippen molar-refractivity contribution in [2.75, 3.05) is 11.4 Å². The highest BCUT2D eigenvalue weighted by Crippen LogP contribution is 2.38. The Bertz CT molecular complexity index is 1330. The number of rotatable bonds is 6. The van der Waals surface area contributed by atoms with Gasteiger partial charge in [-0.25, -0.2) is 9.71 Å². The van der Waals surface area contributed by atoms with E-state index in [0.717, 1.165) is 13.0 Å². The maximum absolute atomic E-state index is 13.1. The lowest BCUT2D eigenvalue weighted by Crippen LogP contribution is -2.43. The fraction of sp³-hybridized carbons (Fsp3) is 0.304. The van der Waals surface area contributed by atoms with Crippen molar-refractivity contribution in [3.63, 3.8) is 0 Å². The van der Waals surface area contributed by atoms with Crippen LogP contribution in [-0.4, -0.2) is 41.4 Å². The van der Waals surface area contributed by atoms with Gasteiger partial charge in [-0.3, -0.25) is 9.78 Å². The highest BCUT2D eigenvalue weighted by Gasteiger charge is 2.40. The number of hydrogen-bond donors (Lipinski definition) is 1. The molecule has 1 N–H and O–H groups in total. The predicted molar refractivity (Wildman–Crippen MR) is 128 cm³/mol. The molecule has 1 atom stereocenters. The van der Waals surface area contributed by atoms with Crippen LogP contribution in [0.5, 0.6) is 11.6 Å². The quantitative estimate of drug-likeness (QED) is 0.537. The van der Waals surface area contributed by atoms with E-state index in [1.165, 1.54) is 36.7 Å². The van der Waals surface area contributed by atoms with Gasteiger partial charge in [0.1, 0.15) is 11.6 Å². The van der Waals surface area contributed by atoms with E-state index < -0.39 is 15.9 Å². The third-order valence-electron chi connectivity index (χ3n) is 6.08. The zero-order valence-corrected chi connectivity index (χ0v) is 20.5. The number of anilines is 1. The van der Waals surface area contributed by atoms with Gasteiger partial charge in [0.15, 0.2) is 5.03 Å². The molecule has 9 nitrogen and oxygen atoms in total. The molecule has 1 fully saturated rings. The van der Waals surface area contributed by atoms with Gasteiger partial charge in [-0.05, 0) is 44.4 Å². The number of aromatic nitrogens is 3. The van der Waals surface area contributed by atoms with Gasteiger partial charge in [0.25, 0.3) is 15.9 Å². The number of sulfonamides is 1. The lowest BCUT2D eigenvalue weighted by atomic mass is 9.90. The molecular weight excluding hydrogens is 478 g/mol. The van der Waals surface area contributed by atoms with Crippen LogP contribution in [0.4, 0.5) is 5.82 Å². The molecule has 1 amide bonds. The number of nitrogens with zero attached hydrogens (tertiary/aromatic N) is 4. The summed E-state index contributed by atoms with van der Waals surface area (Å²) in [5.41, 5.74) is -0.0596. The first kappa shape index (κ1) is 23.9. The summed E-state index contributed by atoms with van der Waals surface area (Å²) in [6.45, 7) is 7.04. The summed E-state index contributed by atoms with van der Waals surface area (Å²) in [5.74, 6) is 0.347. The van der Waals surface area contributed by atoms with E-state index >= 15 is 0 Å². The Morgan fingerprint density at radius 3 is 2.74 bits per heavy atom. The zero-order chi connectivity index (χ0) is 24.5. The summed E-state index contributed by atoms with van der Waals surface area (Å²) >= 11 is 5.90. The lowest BCUT2D eigenvalue weighted by Gasteiger charge is -2.36. The van der Waals surface area contributed by atoms with Gasteiger partial charge in [0, 0.05) is 36.6 Å². The second-order valence-corrected chi connectivity index (χ2v) is 10.6. The molecule has 0 saturated carbocycles. The van der Waals surface area contributed by atoms with Gasteiger partial charge in [0.05, 0.1) is 16.8 Å². The monoisotopic (exact) mass is 501 g/mol. The molecule has 4 rings (SSSR count). The SMILES string of the molecule is CC1CCN(c2ncccc2C(=O)NS(=O)(=O)c2cccc(Oc3cncc(Cl)c3)n2)C1(C)C. The average molecular weight is 502 g/mol. The number of carbonyl (C=O) groups excluding carboxylic acids is 1. The topological polar surface area (TPSA) is 114 Å². The van der Waals surface area contributed by atoms with Gasteiger partial charge in [-0.15, -0.1) is 0 Å². The van der Waals surface area contributed by atoms with Gasteiger partial charge in [-0.1, -0.05) is 24.6 Å². The number of carbonyl (C=O) groups is 1. The molecule has 11 heteroatoms. The molecule has 0 aromatic carbocycles. The lowest BCUT2D eigenvalue weighted by molar-refractivity contribution is 0.0981. The molecule has 0 aliphatic carbocycles. The Morgan fingerprint density at radius 2 is 2.03 bits per heavy atom. The summed E-state index contributed by atoms with van der Waals surface area (Å²) in [5, 5.41) is -0.00899. The Kier molecular flexibility index (Phi) is 6.46. The molecule has 4 heterocycles. The number of hydrogen-bond acceptors (Lipinski definition) is 8. The zero-order valence-electron chi connectivity index (χ0n) is 18.9. The van der Waals surface area contributed by atoms with Crippen molar-refractivity contribution in [3.05, 3.63) is 65.6 Å². The van der Waals surface area contributed by atoms with Crippen LogP contribution in [0.15, 0.2) is 60.0 Å². The van der Waals surface area contributed by atoms with Crippen molar-refractivity contribution in [1.82, 2.24) is 19.7 Å². The van der Waals surface area contributed by atoms with E-state index in [4.69, 9.17) is 16.3 Å². The molecule has 34 heavy (non-hydrogen) atoms. The molecule has 3 aromatic rings. The number of amides is 1. The Balaban J connectivity index is 1.58. The average Bonchev–Trinajstić information content (AvgIpc) is 3.06. The van der Waals surface area contributed by atoms with Crippen LogP contribution in [-0.2, 0) is 10.0 Å². The third-order valence-corrected chi connectivity index (χ3v) is 7.52. The van der Waals surface area contributed by atoms with Crippen LogP contribution < -0.4 is 14.4 Å². The van der Waals surface area contributed by atoms with Crippen LogP contribution in [0.3, 0.4) is 0 Å². The van der Waals surface area contributed by atoms with E-state index in [2.05, 4.69) is 40.4 Å². The standard InChI is InChI=1S/C23H24ClN5O4S/c1-15-9-11-29(23(15,2)3)21-18(6-5-10-26-21)22(30)28-34(31,32)20-8-4-7-19(27-20)33-17-12-16(24)13-25-14-17/h4-8,10,12-15H,9,11H2,1-3H3,(H,28,30). The highest BCUT2D eigenvalue weighted by molar-refractivity contribution is 7.90. The van der Waals surface area contributed by atoms with Crippen molar-refractivity contribution in [2.45, 2.75) is 37.8 Å². The summed E-state index contributed by atoms with van der Waals surface area (Å²) in [6.07, 6.45) is 5.39.